The smallest absolute Gasteiger partial charge is 0.305 e. The second-order valence-electron chi connectivity index (χ2n) is 9.70. The van der Waals surface area contributed by atoms with Gasteiger partial charge in [-0.05, 0) is 67.3 Å². The predicted molar refractivity (Wildman–Crippen MR) is 160 cm³/mol. The van der Waals surface area contributed by atoms with E-state index in [1.807, 2.05) is 103 Å². The van der Waals surface area contributed by atoms with Crippen LogP contribution >= 0.6 is 0 Å². The Morgan fingerprint density at radius 1 is 0.805 bits per heavy atom. The number of furan rings is 1. The second kappa shape index (κ2) is 13.5. The van der Waals surface area contributed by atoms with Gasteiger partial charge in [0.1, 0.15) is 17.1 Å². The standard InChI is InChI=1S/C35H33NO5/c1-2-39-33(37)19-11-12-22-40-31-18-10-9-17-29(31)32-24-28-23-27(20-21-30(28)41-32)35(38)36-34(25-13-5-3-6-14-25)26-15-7-4-8-16-26/h3-10,13-18,20-21,23-24,34H,2,11-12,19,22H2,1H3,(H,36,38). The van der Waals surface area contributed by atoms with Gasteiger partial charge >= 0.3 is 5.97 Å². The van der Waals surface area contributed by atoms with Crippen LogP contribution in [-0.2, 0) is 9.53 Å². The first-order valence-corrected chi connectivity index (χ1v) is 13.9. The number of hydrogen-bond acceptors (Lipinski definition) is 5. The lowest BCUT2D eigenvalue weighted by atomic mass is 9.98. The van der Waals surface area contributed by atoms with E-state index < -0.39 is 0 Å². The molecule has 0 bridgehead atoms. The number of amides is 1. The van der Waals surface area contributed by atoms with Crippen LogP contribution in [0.1, 0.15) is 53.7 Å². The van der Waals surface area contributed by atoms with E-state index in [0.717, 1.165) is 28.5 Å². The molecule has 6 heteroatoms. The predicted octanol–water partition coefficient (Wildman–Crippen LogP) is 7.73. The highest BCUT2D eigenvalue weighted by molar-refractivity contribution is 5.99. The maximum atomic E-state index is 13.4. The third-order valence-electron chi connectivity index (χ3n) is 6.81. The largest absolute Gasteiger partial charge is 0.493 e. The zero-order valence-electron chi connectivity index (χ0n) is 23.0. The van der Waals surface area contributed by atoms with Crippen molar-refractivity contribution in [1.82, 2.24) is 5.32 Å². The zero-order chi connectivity index (χ0) is 28.4. The molecule has 0 spiro atoms. The first kappa shape index (κ1) is 27.7. The molecule has 0 aliphatic carbocycles. The van der Waals surface area contributed by atoms with Crippen molar-refractivity contribution >= 4 is 22.8 Å². The summed E-state index contributed by atoms with van der Waals surface area (Å²) in [6.07, 6.45) is 1.82. The van der Waals surface area contributed by atoms with Crippen LogP contribution < -0.4 is 10.1 Å². The number of benzene rings is 4. The molecule has 0 atom stereocenters. The van der Waals surface area contributed by atoms with Crippen molar-refractivity contribution in [2.24, 2.45) is 0 Å². The quantitative estimate of drug-likeness (QED) is 0.128. The first-order chi connectivity index (χ1) is 20.1. The van der Waals surface area contributed by atoms with Crippen LogP contribution in [-0.4, -0.2) is 25.1 Å². The molecular weight excluding hydrogens is 514 g/mol. The third kappa shape index (κ3) is 7.03. The summed E-state index contributed by atoms with van der Waals surface area (Å²) in [4.78, 5) is 25.0. The van der Waals surface area contributed by atoms with Gasteiger partial charge in [0.2, 0.25) is 0 Å². The molecule has 0 saturated carbocycles. The van der Waals surface area contributed by atoms with E-state index in [4.69, 9.17) is 13.9 Å². The fourth-order valence-electron chi connectivity index (χ4n) is 4.76. The maximum absolute atomic E-state index is 13.4. The summed E-state index contributed by atoms with van der Waals surface area (Å²) < 4.78 is 17.2. The average Bonchev–Trinajstić information content (AvgIpc) is 3.44. The van der Waals surface area contributed by atoms with Gasteiger partial charge in [0.25, 0.3) is 5.91 Å². The van der Waals surface area contributed by atoms with Crippen molar-refractivity contribution in [3.8, 4) is 17.1 Å². The van der Waals surface area contributed by atoms with Crippen molar-refractivity contribution in [3.63, 3.8) is 0 Å². The summed E-state index contributed by atoms with van der Waals surface area (Å²) in [5, 5.41) is 4.03. The number of para-hydroxylation sites is 1. The topological polar surface area (TPSA) is 77.8 Å². The Morgan fingerprint density at radius 2 is 1.49 bits per heavy atom. The molecule has 1 N–H and O–H groups in total. The number of fused-ring (bicyclic) bond motifs is 1. The number of carbonyl (C=O) groups excluding carboxylic acids is 2. The Bertz CT molecular complexity index is 1550. The molecule has 208 valence electrons. The molecule has 4 aromatic carbocycles. The lowest BCUT2D eigenvalue weighted by Gasteiger charge is -2.20. The van der Waals surface area contributed by atoms with Gasteiger partial charge in [-0.25, -0.2) is 0 Å². The van der Waals surface area contributed by atoms with E-state index in [0.29, 0.717) is 48.7 Å². The van der Waals surface area contributed by atoms with Gasteiger partial charge < -0.3 is 19.2 Å². The average molecular weight is 548 g/mol. The van der Waals surface area contributed by atoms with Gasteiger partial charge in [-0.1, -0.05) is 72.8 Å². The number of nitrogens with one attached hydrogen (secondary N) is 1. The summed E-state index contributed by atoms with van der Waals surface area (Å²) in [5.41, 5.74) is 4.08. The van der Waals surface area contributed by atoms with E-state index in [1.165, 1.54) is 0 Å². The molecule has 5 aromatic rings. The number of hydrogen-bond donors (Lipinski definition) is 1. The maximum Gasteiger partial charge on any atom is 0.305 e. The molecule has 0 radical (unpaired) electrons. The van der Waals surface area contributed by atoms with Crippen LogP contribution in [0.15, 0.2) is 114 Å². The van der Waals surface area contributed by atoms with Gasteiger partial charge in [0.15, 0.2) is 0 Å². The molecule has 0 aliphatic heterocycles. The van der Waals surface area contributed by atoms with Crippen LogP contribution in [0.25, 0.3) is 22.3 Å². The van der Waals surface area contributed by atoms with Crippen LogP contribution in [0, 0.1) is 0 Å². The number of ether oxygens (including phenoxy) is 2. The lowest BCUT2D eigenvalue weighted by Crippen LogP contribution is -2.29. The SMILES string of the molecule is CCOC(=O)CCCCOc1ccccc1-c1cc2cc(C(=O)NC(c3ccccc3)c3ccccc3)ccc2o1. The molecule has 6 nitrogen and oxygen atoms in total. The van der Waals surface area contributed by atoms with Crippen molar-refractivity contribution in [2.75, 3.05) is 13.2 Å². The lowest BCUT2D eigenvalue weighted by molar-refractivity contribution is -0.143. The van der Waals surface area contributed by atoms with E-state index in [1.54, 1.807) is 13.0 Å². The first-order valence-electron chi connectivity index (χ1n) is 13.9. The van der Waals surface area contributed by atoms with Crippen molar-refractivity contribution < 1.29 is 23.5 Å². The molecule has 1 heterocycles. The minimum Gasteiger partial charge on any atom is -0.493 e. The van der Waals surface area contributed by atoms with E-state index in [-0.39, 0.29) is 17.9 Å². The molecule has 1 aromatic heterocycles. The fraction of sp³-hybridized carbons (Fsp3) is 0.200. The molecular formula is C35H33NO5. The summed E-state index contributed by atoms with van der Waals surface area (Å²) in [7, 11) is 0. The molecule has 5 rings (SSSR count). The fourth-order valence-corrected chi connectivity index (χ4v) is 4.76. The van der Waals surface area contributed by atoms with E-state index >= 15 is 0 Å². The zero-order valence-corrected chi connectivity index (χ0v) is 23.0. The van der Waals surface area contributed by atoms with Crippen LogP contribution in [0.4, 0.5) is 0 Å². The Hall–Kier alpha value is -4.84. The monoisotopic (exact) mass is 547 g/mol. The second-order valence-corrected chi connectivity index (χ2v) is 9.70. The van der Waals surface area contributed by atoms with Gasteiger partial charge in [0.05, 0.1) is 24.8 Å². The molecule has 0 saturated heterocycles. The summed E-state index contributed by atoms with van der Waals surface area (Å²) >= 11 is 0. The highest BCUT2D eigenvalue weighted by Gasteiger charge is 2.19. The molecule has 41 heavy (non-hydrogen) atoms. The summed E-state index contributed by atoms with van der Waals surface area (Å²) in [5.74, 6) is 1.01. The minimum absolute atomic E-state index is 0.168. The Morgan fingerprint density at radius 3 is 2.20 bits per heavy atom. The number of carbonyl (C=O) groups is 2. The molecule has 0 fully saturated rings. The van der Waals surface area contributed by atoms with E-state index in [2.05, 4.69) is 5.32 Å². The molecule has 1 amide bonds. The van der Waals surface area contributed by atoms with Crippen molar-refractivity contribution in [1.29, 1.82) is 0 Å². The third-order valence-corrected chi connectivity index (χ3v) is 6.81. The molecule has 0 aliphatic rings. The van der Waals surface area contributed by atoms with Crippen LogP contribution in [0.3, 0.4) is 0 Å². The Labute approximate surface area is 239 Å². The summed E-state index contributed by atoms with van der Waals surface area (Å²) in [6, 6.07) is 34.7. The van der Waals surface area contributed by atoms with Gasteiger partial charge in [-0.3, -0.25) is 9.59 Å². The minimum atomic E-state index is -0.276. The number of unbranched alkanes of at least 4 members (excludes halogenated alkanes) is 1. The highest BCUT2D eigenvalue weighted by Crippen LogP contribution is 2.34. The molecule has 0 unspecified atom stereocenters. The normalized spacial score (nSPS) is 11.0. The number of esters is 1. The van der Waals surface area contributed by atoms with Gasteiger partial charge in [-0.2, -0.15) is 0 Å². The summed E-state index contributed by atoms with van der Waals surface area (Å²) in [6.45, 7) is 2.68. The van der Waals surface area contributed by atoms with Crippen LogP contribution in [0.2, 0.25) is 0 Å². The van der Waals surface area contributed by atoms with Gasteiger partial charge in [-0.15, -0.1) is 0 Å². The van der Waals surface area contributed by atoms with Gasteiger partial charge in [0, 0.05) is 17.4 Å². The number of rotatable bonds is 12. The van der Waals surface area contributed by atoms with Crippen molar-refractivity contribution in [3.05, 3.63) is 126 Å². The highest BCUT2D eigenvalue weighted by atomic mass is 16.5. The Balaban J connectivity index is 1.31. The van der Waals surface area contributed by atoms with Crippen molar-refractivity contribution in [2.45, 2.75) is 32.2 Å². The Kier molecular flexibility index (Phi) is 9.12. The van der Waals surface area contributed by atoms with E-state index in [9.17, 15) is 9.59 Å². The van der Waals surface area contributed by atoms with Crippen LogP contribution in [0.5, 0.6) is 5.75 Å².